The van der Waals surface area contributed by atoms with Gasteiger partial charge in [-0.25, -0.2) is 0 Å². The van der Waals surface area contributed by atoms with Crippen molar-refractivity contribution < 1.29 is 4.79 Å². The van der Waals surface area contributed by atoms with Gasteiger partial charge in [-0.05, 0) is 25.2 Å². The van der Waals surface area contributed by atoms with E-state index in [4.69, 9.17) is 5.73 Å². The first-order valence-corrected chi connectivity index (χ1v) is 5.73. The minimum absolute atomic E-state index is 0.145. The Morgan fingerprint density at radius 1 is 1.40 bits per heavy atom. The monoisotopic (exact) mass is 214 g/mol. The van der Waals surface area contributed by atoms with Crippen molar-refractivity contribution in [3.63, 3.8) is 0 Å². The van der Waals surface area contributed by atoms with Gasteiger partial charge >= 0.3 is 0 Å². The summed E-state index contributed by atoms with van der Waals surface area (Å²) in [7, 11) is 1.83. The predicted octanol–water partition coefficient (Wildman–Crippen LogP) is 2.01. The standard InChI is InChI=1S/C12H26N2O/c1-10(9-13)14(5)11(15)7-6-8-12(2,3)4/h10H,6-9,13H2,1-5H3. The summed E-state index contributed by atoms with van der Waals surface area (Å²) in [6, 6.07) is 0.145. The van der Waals surface area contributed by atoms with Gasteiger partial charge in [-0.15, -0.1) is 0 Å². The number of rotatable bonds is 5. The molecule has 2 N–H and O–H groups in total. The number of hydrogen-bond acceptors (Lipinski definition) is 2. The Kier molecular flexibility index (Phi) is 5.88. The molecule has 0 spiro atoms. The molecular formula is C12H26N2O. The van der Waals surface area contributed by atoms with Crippen LogP contribution in [-0.4, -0.2) is 30.4 Å². The largest absolute Gasteiger partial charge is 0.342 e. The lowest BCUT2D eigenvalue weighted by molar-refractivity contribution is -0.131. The van der Waals surface area contributed by atoms with Crippen molar-refractivity contribution in [1.29, 1.82) is 0 Å². The van der Waals surface area contributed by atoms with E-state index < -0.39 is 0 Å². The second kappa shape index (κ2) is 6.11. The molecule has 1 atom stereocenters. The first-order chi connectivity index (χ1) is 6.78. The van der Waals surface area contributed by atoms with Crippen molar-refractivity contribution in [3.8, 4) is 0 Å². The van der Waals surface area contributed by atoms with Crippen LogP contribution in [0.25, 0.3) is 0 Å². The predicted molar refractivity (Wildman–Crippen MR) is 64.6 cm³/mol. The fourth-order valence-electron chi connectivity index (χ4n) is 1.35. The number of nitrogens with two attached hydrogens (primary N) is 1. The number of nitrogens with zero attached hydrogens (tertiary/aromatic N) is 1. The van der Waals surface area contributed by atoms with Gasteiger partial charge in [-0.3, -0.25) is 4.79 Å². The Morgan fingerprint density at radius 2 is 1.93 bits per heavy atom. The fraction of sp³-hybridized carbons (Fsp3) is 0.917. The van der Waals surface area contributed by atoms with E-state index in [1.165, 1.54) is 0 Å². The number of amides is 1. The summed E-state index contributed by atoms with van der Waals surface area (Å²) < 4.78 is 0. The van der Waals surface area contributed by atoms with Gasteiger partial charge in [0, 0.05) is 26.1 Å². The molecule has 0 bridgehead atoms. The Bertz CT molecular complexity index is 196. The van der Waals surface area contributed by atoms with Crippen molar-refractivity contribution >= 4 is 5.91 Å². The van der Waals surface area contributed by atoms with Gasteiger partial charge in [-0.2, -0.15) is 0 Å². The van der Waals surface area contributed by atoms with Gasteiger partial charge < -0.3 is 10.6 Å². The summed E-state index contributed by atoms with van der Waals surface area (Å²) in [5.41, 5.74) is 5.83. The third-order valence-corrected chi connectivity index (χ3v) is 2.71. The van der Waals surface area contributed by atoms with Gasteiger partial charge in [0.05, 0.1) is 0 Å². The van der Waals surface area contributed by atoms with Crippen LogP contribution in [0.3, 0.4) is 0 Å². The molecule has 0 aliphatic rings. The van der Waals surface area contributed by atoms with Crippen molar-refractivity contribution in [3.05, 3.63) is 0 Å². The molecule has 0 aromatic rings. The fourth-order valence-corrected chi connectivity index (χ4v) is 1.35. The molecule has 90 valence electrons. The lowest BCUT2D eigenvalue weighted by Gasteiger charge is -2.24. The molecule has 0 heterocycles. The van der Waals surface area contributed by atoms with Crippen LogP contribution in [0.15, 0.2) is 0 Å². The summed E-state index contributed by atoms with van der Waals surface area (Å²) >= 11 is 0. The highest BCUT2D eigenvalue weighted by atomic mass is 16.2. The van der Waals surface area contributed by atoms with E-state index in [0.717, 1.165) is 12.8 Å². The van der Waals surface area contributed by atoms with Crippen LogP contribution in [0.5, 0.6) is 0 Å². The van der Waals surface area contributed by atoms with Gasteiger partial charge in [0.15, 0.2) is 0 Å². The van der Waals surface area contributed by atoms with Crippen LogP contribution >= 0.6 is 0 Å². The van der Waals surface area contributed by atoms with Crippen LogP contribution in [0.4, 0.5) is 0 Å². The highest BCUT2D eigenvalue weighted by molar-refractivity contribution is 5.76. The van der Waals surface area contributed by atoms with E-state index in [0.29, 0.717) is 18.4 Å². The zero-order chi connectivity index (χ0) is 12.1. The molecule has 0 aromatic carbocycles. The maximum Gasteiger partial charge on any atom is 0.222 e. The second-order valence-electron chi connectivity index (χ2n) is 5.50. The molecule has 0 saturated heterocycles. The van der Waals surface area contributed by atoms with Crippen LogP contribution in [0, 0.1) is 5.41 Å². The molecule has 0 aliphatic carbocycles. The molecular weight excluding hydrogens is 188 g/mol. The summed E-state index contributed by atoms with van der Waals surface area (Å²) in [6.45, 7) is 9.10. The highest BCUT2D eigenvalue weighted by Crippen LogP contribution is 2.21. The van der Waals surface area contributed by atoms with Gasteiger partial charge in [-0.1, -0.05) is 20.8 Å². The van der Waals surface area contributed by atoms with Gasteiger partial charge in [0.2, 0.25) is 5.91 Å². The third-order valence-electron chi connectivity index (χ3n) is 2.71. The Labute approximate surface area is 94.0 Å². The van der Waals surface area contributed by atoms with Crippen LogP contribution in [0.1, 0.15) is 47.0 Å². The maximum absolute atomic E-state index is 11.7. The summed E-state index contributed by atoms with van der Waals surface area (Å²) in [5, 5.41) is 0. The SMILES string of the molecule is CC(CN)N(C)C(=O)CCCC(C)(C)C. The number of likely N-dealkylation sites (N-methyl/N-ethyl adjacent to an activating group) is 1. The smallest absolute Gasteiger partial charge is 0.222 e. The second-order valence-corrected chi connectivity index (χ2v) is 5.50. The van der Waals surface area contributed by atoms with E-state index in [1.807, 2.05) is 14.0 Å². The Hall–Kier alpha value is -0.570. The Balaban J connectivity index is 3.84. The molecule has 0 rings (SSSR count). The quantitative estimate of drug-likeness (QED) is 0.761. The lowest BCUT2D eigenvalue weighted by atomic mass is 9.90. The molecule has 0 fully saturated rings. The number of carbonyl (C=O) groups excluding carboxylic acids is 1. The van der Waals surface area contributed by atoms with Crippen LogP contribution < -0.4 is 5.73 Å². The zero-order valence-electron chi connectivity index (χ0n) is 10.8. The first-order valence-electron chi connectivity index (χ1n) is 5.73. The van der Waals surface area contributed by atoms with E-state index in [1.54, 1.807) is 4.90 Å². The van der Waals surface area contributed by atoms with E-state index in [9.17, 15) is 4.79 Å². The van der Waals surface area contributed by atoms with Crippen molar-refractivity contribution in [2.24, 2.45) is 11.1 Å². The Morgan fingerprint density at radius 3 is 2.33 bits per heavy atom. The van der Waals surface area contributed by atoms with E-state index in [2.05, 4.69) is 20.8 Å². The molecule has 0 saturated carbocycles. The van der Waals surface area contributed by atoms with Gasteiger partial charge in [0.25, 0.3) is 0 Å². The highest BCUT2D eigenvalue weighted by Gasteiger charge is 2.15. The van der Waals surface area contributed by atoms with Crippen molar-refractivity contribution in [1.82, 2.24) is 4.90 Å². The molecule has 0 aliphatic heterocycles. The number of carbonyl (C=O) groups is 1. The topological polar surface area (TPSA) is 46.3 Å². The van der Waals surface area contributed by atoms with Crippen molar-refractivity contribution in [2.75, 3.05) is 13.6 Å². The maximum atomic E-state index is 11.7. The van der Waals surface area contributed by atoms with Crippen LogP contribution in [-0.2, 0) is 4.79 Å². The third kappa shape index (κ3) is 6.50. The summed E-state index contributed by atoms with van der Waals surface area (Å²) in [4.78, 5) is 13.5. The van der Waals surface area contributed by atoms with E-state index >= 15 is 0 Å². The molecule has 3 nitrogen and oxygen atoms in total. The molecule has 1 amide bonds. The van der Waals surface area contributed by atoms with Crippen molar-refractivity contribution in [2.45, 2.75) is 53.0 Å². The molecule has 0 aromatic heterocycles. The molecule has 0 radical (unpaired) electrons. The minimum Gasteiger partial charge on any atom is -0.342 e. The average molecular weight is 214 g/mol. The average Bonchev–Trinajstić information content (AvgIpc) is 2.13. The summed E-state index contributed by atoms with van der Waals surface area (Å²) in [6.07, 6.45) is 2.69. The molecule has 1 unspecified atom stereocenters. The van der Waals surface area contributed by atoms with Crippen LogP contribution in [0.2, 0.25) is 0 Å². The zero-order valence-corrected chi connectivity index (χ0v) is 10.8. The molecule has 3 heteroatoms. The number of hydrogen-bond donors (Lipinski definition) is 1. The first kappa shape index (κ1) is 14.4. The lowest BCUT2D eigenvalue weighted by Crippen LogP contribution is -2.39. The van der Waals surface area contributed by atoms with E-state index in [-0.39, 0.29) is 11.9 Å². The van der Waals surface area contributed by atoms with Gasteiger partial charge in [0.1, 0.15) is 0 Å². The summed E-state index contributed by atoms with van der Waals surface area (Å²) in [5.74, 6) is 0.206. The minimum atomic E-state index is 0.145. The normalized spacial score (nSPS) is 13.7. The molecule has 15 heavy (non-hydrogen) atoms.